The van der Waals surface area contributed by atoms with Crippen LogP contribution in [0.2, 0.25) is 0 Å². The van der Waals surface area contributed by atoms with E-state index in [2.05, 4.69) is 78.9 Å². The molecule has 2 heterocycles. The molecule has 1 saturated carbocycles. The lowest BCUT2D eigenvalue weighted by Crippen LogP contribution is -2.28. The van der Waals surface area contributed by atoms with Gasteiger partial charge in [-0.3, -0.25) is 0 Å². The molecule has 1 spiro atoms. The minimum Gasteiger partial charge on any atom is -0.456 e. The number of aromatic nitrogens is 3. The Balaban J connectivity index is 1.06. The monoisotopic (exact) mass is 631 g/mol. The molecule has 2 aromatic heterocycles. The predicted molar refractivity (Wildman–Crippen MR) is 198 cm³/mol. The second-order valence-electron chi connectivity index (χ2n) is 13.5. The van der Waals surface area contributed by atoms with Gasteiger partial charge in [0.05, 0.1) is 0 Å². The topological polar surface area (TPSA) is 51.8 Å². The Morgan fingerprint density at radius 1 is 0.408 bits per heavy atom. The summed E-state index contributed by atoms with van der Waals surface area (Å²) in [5.41, 5.74) is 12.9. The first kappa shape index (κ1) is 28.2. The summed E-state index contributed by atoms with van der Waals surface area (Å²) in [6, 6.07) is 49.3. The predicted octanol–water partition coefficient (Wildman–Crippen LogP) is 11.7. The van der Waals surface area contributed by atoms with Crippen LogP contribution in [0.15, 0.2) is 144 Å². The fraction of sp³-hybridized carbons (Fsp3) is 0.133. The van der Waals surface area contributed by atoms with Crippen LogP contribution in [0.3, 0.4) is 0 Å². The van der Waals surface area contributed by atoms with E-state index in [9.17, 15) is 0 Å². The average Bonchev–Trinajstić information content (AvgIpc) is 3.67. The van der Waals surface area contributed by atoms with Crippen LogP contribution in [0.4, 0.5) is 0 Å². The third-order valence-electron chi connectivity index (χ3n) is 10.7. The molecule has 2 aliphatic rings. The molecule has 49 heavy (non-hydrogen) atoms. The van der Waals surface area contributed by atoms with Crippen molar-refractivity contribution in [2.45, 2.75) is 37.5 Å². The van der Waals surface area contributed by atoms with Crippen molar-refractivity contribution in [1.82, 2.24) is 15.0 Å². The summed E-state index contributed by atoms with van der Waals surface area (Å²) in [6.45, 7) is 0. The van der Waals surface area contributed by atoms with Crippen LogP contribution >= 0.6 is 0 Å². The highest BCUT2D eigenvalue weighted by Gasteiger charge is 2.43. The minimum absolute atomic E-state index is 0.135. The second kappa shape index (κ2) is 11.1. The van der Waals surface area contributed by atoms with Crippen LogP contribution in [0.25, 0.3) is 78.4 Å². The summed E-state index contributed by atoms with van der Waals surface area (Å²) in [6.07, 6.45) is 6.37. The van der Waals surface area contributed by atoms with Crippen molar-refractivity contribution >= 4 is 21.9 Å². The number of rotatable bonds is 4. The Bertz CT molecular complexity index is 2470. The second-order valence-corrected chi connectivity index (χ2v) is 13.5. The number of fused-ring (bicyclic) bond motifs is 8. The summed E-state index contributed by atoms with van der Waals surface area (Å²) < 4.78 is 6.59. The lowest BCUT2D eigenvalue weighted by Gasteiger charge is -2.36. The molecule has 10 rings (SSSR count). The molecule has 0 saturated heterocycles. The van der Waals surface area contributed by atoms with Gasteiger partial charge in [0.2, 0.25) is 0 Å². The molecule has 6 aromatic carbocycles. The van der Waals surface area contributed by atoms with Gasteiger partial charge in [-0.2, -0.15) is 0 Å². The average molecular weight is 632 g/mol. The van der Waals surface area contributed by atoms with E-state index in [1.54, 1.807) is 0 Å². The number of nitrogens with zero attached hydrogens (tertiary/aromatic N) is 3. The molecule has 1 fully saturated rings. The molecule has 0 atom stereocenters. The number of furan rings is 1. The van der Waals surface area contributed by atoms with Crippen molar-refractivity contribution in [1.29, 1.82) is 0 Å². The van der Waals surface area contributed by atoms with Gasteiger partial charge in [-0.15, -0.1) is 0 Å². The smallest absolute Gasteiger partial charge is 0.164 e. The van der Waals surface area contributed by atoms with Crippen molar-refractivity contribution in [3.63, 3.8) is 0 Å². The van der Waals surface area contributed by atoms with Crippen LogP contribution in [-0.4, -0.2) is 15.0 Å². The fourth-order valence-electron chi connectivity index (χ4n) is 8.36. The van der Waals surface area contributed by atoms with Crippen molar-refractivity contribution in [2.75, 3.05) is 0 Å². The van der Waals surface area contributed by atoms with Gasteiger partial charge in [0.15, 0.2) is 17.5 Å². The molecule has 0 bridgehead atoms. The number of benzene rings is 6. The van der Waals surface area contributed by atoms with Gasteiger partial charge in [-0.05, 0) is 76.6 Å². The van der Waals surface area contributed by atoms with Gasteiger partial charge in [0, 0.05) is 32.9 Å². The van der Waals surface area contributed by atoms with Crippen LogP contribution in [-0.2, 0) is 5.41 Å². The summed E-state index contributed by atoms with van der Waals surface area (Å²) in [4.78, 5) is 14.7. The normalized spacial score (nSPS) is 14.7. The zero-order valence-corrected chi connectivity index (χ0v) is 27.1. The molecule has 4 heteroatoms. The zero-order chi connectivity index (χ0) is 32.4. The van der Waals surface area contributed by atoms with E-state index in [-0.39, 0.29) is 5.41 Å². The first-order valence-electron chi connectivity index (χ1n) is 17.3. The van der Waals surface area contributed by atoms with Crippen molar-refractivity contribution < 1.29 is 4.42 Å². The van der Waals surface area contributed by atoms with Crippen molar-refractivity contribution in [2.24, 2.45) is 0 Å². The summed E-state index contributed by atoms with van der Waals surface area (Å²) in [7, 11) is 0. The van der Waals surface area contributed by atoms with Gasteiger partial charge in [0.1, 0.15) is 11.2 Å². The summed E-state index contributed by atoms with van der Waals surface area (Å²) in [5.74, 6) is 1.91. The van der Waals surface area contributed by atoms with E-state index in [0.29, 0.717) is 17.5 Å². The van der Waals surface area contributed by atoms with Crippen LogP contribution in [0.1, 0.15) is 43.2 Å². The Labute approximate surface area is 285 Å². The molecule has 0 unspecified atom stereocenters. The van der Waals surface area contributed by atoms with Crippen molar-refractivity contribution in [3.8, 4) is 56.4 Å². The highest BCUT2D eigenvalue weighted by atomic mass is 16.3. The van der Waals surface area contributed by atoms with E-state index in [0.717, 1.165) is 38.6 Å². The molecule has 2 aliphatic carbocycles. The number of hydrogen-bond acceptors (Lipinski definition) is 4. The quantitative estimate of drug-likeness (QED) is 0.194. The third kappa shape index (κ3) is 4.55. The van der Waals surface area contributed by atoms with Gasteiger partial charge in [-0.1, -0.05) is 128 Å². The Morgan fingerprint density at radius 3 is 1.59 bits per heavy atom. The molecular weight excluding hydrogens is 599 g/mol. The lowest BCUT2D eigenvalue weighted by atomic mass is 9.67. The van der Waals surface area contributed by atoms with Gasteiger partial charge < -0.3 is 4.42 Å². The molecule has 0 N–H and O–H groups in total. The highest BCUT2D eigenvalue weighted by molar-refractivity contribution is 6.07. The molecule has 0 radical (unpaired) electrons. The highest BCUT2D eigenvalue weighted by Crippen LogP contribution is 2.56. The third-order valence-corrected chi connectivity index (χ3v) is 10.7. The zero-order valence-electron chi connectivity index (χ0n) is 27.1. The number of hydrogen-bond donors (Lipinski definition) is 0. The largest absolute Gasteiger partial charge is 0.456 e. The van der Waals surface area contributed by atoms with E-state index < -0.39 is 0 Å². The van der Waals surface area contributed by atoms with Gasteiger partial charge >= 0.3 is 0 Å². The minimum atomic E-state index is 0.135. The molecule has 0 amide bonds. The standard InChI is InChI=1S/C45H33N3O/c1-4-12-29(13-5-1)42-46-43(30-14-6-2-7-15-30)48-44(47-42)33-20-23-37-36-22-19-32(27-40(36)49-41(37)28-33)31-18-21-35-34-16-8-9-17-38(34)45(39(35)26-31)24-10-3-11-25-45/h1-2,4-9,12-23,26-28H,3,10-11,24-25H2. The Hall–Kier alpha value is -5.87. The fourth-order valence-corrected chi connectivity index (χ4v) is 8.36. The van der Waals surface area contributed by atoms with Gasteiger partial charge in [-0.25, -0.2) is 15.0 Å². The van der Waals surface area contributed by atoms with Crippen LogP contribution < -0.4 is 0 Å². The molecule has 234 valence electrons. The molecular formula is C45H33N3O. The van der Waals surface area contributed by atoms with Crippen LogP contribution in [0.5, 0.6) is 0 Å². The van der Waals surface area contributed by atoms with Gasteiger partial charge in [0.25, 0.3) is 0 Å². The van der Waals surface area contributed by atoms with Crippen molar-refractivity contribution in [3.05, 3.63) is 151 Å². The Kier molecular flexibility index (Phi) is 6.38. The SMILES string of the molecule is c1ccc(-c2nc(-c3ccccc3)nc(-c3ccc4c(c3)oc3cc(-c5ccc6c(c5)C5(CCCCC5)c5ccccc5-6)ccc34)n2)cc1. The Morgan fingerprint density at radius 2 is 0.918 bits per heavy atom. The van der Waals surface area contributed by atoms with E-state index in [4.69, 9.17) is 19.4 Å². The molecule has 8 aromatic rings. The maximum atomic E-state index is 6.59. The summed E-state index contributed by atoms with van der Waals surface area (Å²) >= 11 is 0. The van der Waals surface area contributed by atoms with E-state index >= 15 is 0 Å². The van der Waals surface area contributed by atoms with Crippen LogP contribution in [0, 0.1) is 0 Å². The maximum Gasteiger partial charge on any atom is 0.164 e. The lowest BCUT2D eigenvalue weighted by molar-refractivity contribution is 0.353. The molecule has 4 nitrogen and oxygen atoms in total. The molecule has 0 aliphatic heterocycles. The first-order valence-corrected chi connectivity index (χ1v) is 17.3. The van der Waals surface area contributed by atoms with E-state index in [1.807, 2.05) is 60.7 Å². The first-order chi connectivity index (χ1) is 24.2. The summed E-state index contributed by atoms with van der Waals surface area (Å²) in [5, 5.41) is 2.18. The maximum absolute atomic E-state index is 6.59. The van der Waals surface area contributed by atoms with E-state index in [1.165, 1.54) is 65.5 Å².